The Kier molecular flexibility index (Phi) is 4.42. The number of carbonyl (C=O) groups is 1. The molecule has 1 fully saturated rings. The summed E-state index contributed by atoms with van der Waals surface area (Å²) in [6, 6.07) is 5.28. The second kappa shape index (κ2) is 6.87. The van der Waals surface area contributed by atoms with Crippen molar-refractivity contribution in [1.82, 2.24) is 29.9 Å². The van der Waals surface area contributed by atoms with Gasteiger partial charge in [-0.1, -0.05) is 5.21 Å². The molecule has 0 radical (unpaired) electrons. The third-order valence-electron chi connectivity index (χ3n) is 5.03. The summed E-state index contributed by atoms with van der Waals surface area (Å²) in [5.41, 5.74) is 2.19. The number of aryl methyl sites for hydroxylation is 2. The lowest BCUT2D eigenvalue weighted by molar-refractivity contribution is 0.0499. The number of benzene rings is 1. The highest BCUT2D eigenvalue weighted by Gasteiger charge is 2.30. The highest BCUT2D eigenvalue weighted by atomic mass is 16.5. The van der Waals surface area contributed by atoms with Crippen LogP contribution in [-0.4, -0.2) is 43.7 Å². The van der Waals surface area contributed by atoms with Gasteiger partial charge in [0.25, 0.3) is 5.91 Å². The van der Waals surface area contributed by atoms with Crippen LogP contribution in [0.3, 0.4) is 0 Å². The zero-order chi connectivity index (χ0) is 18.1. The van der Waals surface area contributed by atoms with Gasteiger partial charge < -0.3 is 14.6 Å². The van der Waals surface area contributed by atoms with E-state index >= 15 is 0 Å². The van der Waals surface area contributed by atoms with E-state index in [2.05, 4.69) is 20.6 Å². The predicted octanol–water partition coefficient (Wildman–Crippen LogP) is 1.60. The van der Waals surface area contributed by atoms with E-state index < -0.39 is 0 Å². The Morgan fingerprint density at radius 3 is 2.85 bits per heavy atom. The molecule has 0 aliphatic carbocycles. The van der Waals surface area contributed by atoms with Gasteiger partial charge in [-0.25, -0.2) is 9.67 Å². The van der Waals surface area contributed by atoms with E-state index in [1.807, 2.05) is 37.0 Å². The highest BCUT2D eigenvalue weighted by Crippen LogP contribution is 2.29. The summed E-state index contributed by atoms with van der Waals surface area (Å²) >= 11 is 0. The maximum absolute atomic E-state index is 13.0. The van der Waals surface area contributed by atoms with Crippen molar-refractivity contribution in [2.75, 3.05) is 13.2 Å². The summed E-state index contributed by atoms with van der Waals surface area (Å²) < 4.78 is 9.12. The second-order valence-corrected chi connectivity index (χ2v) is 6.71. The average molecular weight is 354 g/mol. The molecule has 8 nitrogen and oxygen atoms in total. The molecule has 1 aliphatic heterocycles. The lowest BCUT2D eigenvalue weighted by Gasteiger charge is -2.30. The van der Waals surface area contributed by atoms with Gasteiger partial charge in [-0.15, -0.1) is 5.10 Å². The van der Waals surface area contributed by atoms with Crippen LogP contribution in [-0.2, 0) is 18.8 Å². The lowest BCUT2D eigenvalue weighted by Crippen LogP contribution is -2.37. The molecule has 3 heterocycles. The van der Waals surface area contributed by atoms with Crippen LogP contribution >= 0.6 is 0 Å². The van der Waals surface area contributed by atoms with Gasteiger partial charge >= 0.3 is 0 Å². The van der Waals surface area contributed by atoms with Gasteiger partial charge in [0.15, 0.2) is 0 Å². The third-order valence-corrected chi connectivity index (χ3v) is 5.03. The number of imidazole rings is 1. The summed E-state index contributed by atoms with van der Waals surface area (Å²) in [6.45, 7) is 1.43. The minimum atomic E-state index is -0.147. The van der Waals surface area contributed by atoms with Crippen molar-refractivity contribution in [3.8, 4) is 0 Å². The van der Waals surface area contributed by atoms with E-state index in [1.165, 1.54) is 0 Å². The van der Waals surface area contributed by atoms with E-state index in [0.29, 0.717) is 24.7 Å². The molecule has 0 saturated carbocycles. The van der Waals surface area contributed by atoms with Crippen molar-refractivity contribution in [3.63, 3.8) is 0 Å². The lowest BCUT2D eigenvalue weighted by atomic mass is 9.90. The molecule has 1 aromatic carbocycles. The van der Waals surface area contributed by atoms with E-state index in [1.54, 1.807) is 16.9 Å². The van der Waals surface area contributed by atoms with Crippen LogP contribution in [0.1, 0.15) is 35.1 Å². The molecular weight excluding hydrogens is 332 g/mol. The molecule has 4 rings (SSSR count). The zero-order valence-corrected chi connectivity index (χ0v) is 14.9. The fourth-order valence-electron chi connectivity index (χ4n) is 3.52. The van der Waals surface area contributed by atoms with Crippen molar-refractivity contribution in [2.45, 2.75) is 18.9 Å². The van der Waals surface area contributed by atoms with Gasteiger partial charge in [0.1, 0.15) is 11.3 Å². The first kappa shape index (κ1) is 16.7. The van der Waals surface area contributed by atoms with Crippen molar-refractivity contribution in [3.05, 3.63) is 42.0 Å². The van der Waals surface area contributed by atoms with E-state index in [0.717, 1.165) is 29.7 Å². The Morgan fingerprint density at radius 1 is 1.31 bits per heavy atom. The van der Waals surface area contributed by atoms with Gasteiger partial charge in [-0.05, 0) is 37.0 Å². The molecule has 1 saturated heterocycles. The maximum atomic E-state index is 13.0. The minimum Gasteiger partial charge on any atom is -0.381 e. The van der Waals surface area contributed by atoms with E-state index in [9.17, 15) is 4.79 Å². The molecule has 2 aromatic heterocycles. The summed E-state index contributed by atoms with van der Waals surface area (Å²) in [4.78, 5) is 17.4. The topological polar surface area (TPSA) is 86.9 Å². The summed E-state index contributed by atoms with van der Waals surface area (Å²) in [7, 11) is 3.77. The quantitative estimate of drug-likeness (QED) is 0.769. The normalized spacial score (nSPS) is 16.7. The molecule has 1 atom stereocenters. The van der Waals surface area contributed by atoms with Crippen LogP contribution in [0.4, 0.5) is 0 Å². The van der Waals surface area contributed by atoms with Crippen LogP contribution < -0.4 is 5.32 Å². The fraction of sp³-hybridized carbons (Fsp3) is 0.444. The fourth-order valence-corrected chi connectivity index (χ4v) is 3.52. The molecule has 1 unspecified atom stereocenters. The van der Waals surface area contributed by atoms with Gasteiger partial charge in [0.05, 0.1) is 11.6 Å². The standard InChI is InChI=1S/C18H22N6O2/c1-23-8-7-19-17(23)16(12-5-9-26-10-6-12)20-18(25)13-3-4-14-15(11-13)24(2)22-21-14/h3-4,7-8,11-12,16H,5-6,9-10H2,1-2H3,(H,20,25). The number of aromatic nitrogens is 5. The Morgan fingerprint density at radius 2 is 2.12 bits per heavy atom. The Labute approximate surface area is 151 Å². The van der Waals surface area contributed by atoms with Crippen molar-refractivity contribution in [1.29, 1.82) is 0 Å². The van der Waals surface area contributed by atoms with Crippen LogP contribution in [0, 0.1) is 5.92 Å². The van der Waals surface area contributed by atoms with Crippen molar-refractivity contribution < 1.29 is 9.53 Å². The zero-order valence-electron chi connectivity index (χ0n) is 14.9. The highest BCUT2D eigenvalue weighted by molar-refractivity contribution is 5.97. The van der Waals surface area contributed by atoms with Gasteiger partial charge in [-0.2, -0.15) is 0 Å². The maximum Gasteiger partial charge on any atom is 0.251 e. The van der Waals surface area contributed by atoms with Crippen molar-refractivity contribution in [2.24, 2.45) is 20.0 Å². The predicted molar refractivity (Wildman–Crippen MR) is 95.5 cm³/mol. The molecule has 3 aromatic rings. The van der Waals surface area contributed by atoms with Crippen molar-refractivity contribution >= 4 is 16.9 Å². The monoisotopic (exact) mass is 354 g/mol. The number of nitrogens with one attached hydrogen (secondary N) is 1. The molecule has 136 valence electrons. The molecule has 1 amide bonds. The number of ether oxygens (including phenoxy) is 1. The summed E-state index contributed by atoms with van der Waals surface area (Å²) in [5.74, 6) is 1.05. The van der Waals surface area contributed by atoms with Crippen LogP contribution in [0.25, 0.3) is 11.0 Å². The Balaban J connectivity index is 1.62. The number of carbonyl (C=O) groups excluding carboxylic acids is 1. The van der Waals surface area contributed by atoms with Crippen LogP contribution in [0.5, 0.6) is 0 Å². The molecule has 1 N–H and O–H groups in total. The average Bonchev–Trinajstić information content (AvgIpc) is 3.26. The molecule has 1 aliphatic rings. The summed E-state index contributed by atoms with van der Waals surface area (Å²) in [5, 5.41) is 11.2. The molecule has 0 spiro atoms. The number of nitrogens with zero attached hydrogens (tertiary/aromatic N) is 5. The number of rotatable bonds is 4. The van der Waals surface area contributed by atoms with Gasteiger partial charge in [-0.3, -0.25) is 4.79 Å². The first-order chi connectivity index (χ1) is 12.6. The number of fused-ring (bicyclic) bond motifs is 1. The number of hydrogen-bond donors (Lipinski definition) is 1. The largest absolute Gasteiger partial charge is 0.381 e. The smallest absolute Gasteiger partial charge is 0.251 e. The SMILES string of the molecule is Cn1ccnc1C(NC(=O)c1ccc2nnn(C)c2c1)C1CCOCC1. The third kappa shape index (κ3) is 3.08. The first-order valence-electron chi connectivity index (χ1n) is 8.79. The minimum absolute atomic E-state index is 0.118. The van der Waals surface area contributed by atoms with Gasteiger partial charge in [0.2, 0.25) is 0 Å². The number of hydrogen-bond acceptors (Lipinski definition) is 5. The van der Waals surface area contributed by atoms with E-state index in [-0.39, 0.29) is 11.9 Å². The van der Waals surface area contributed by atoms with Crippen LogP contribution in [0.2, 0.25) is 0 Å². The van der Waals surface area contributed by atoms with Crippen LogP contribution in [0.15, 0.2) is 30.6 Å². The second-order valence-electron chi connectivity index (χ2n) is 6.71. The first-order valence-corrected chi connectivity index (χ1v) is 8.79. The molecule has 0 bridgehead atoms. The molecule has 26 heavy (non-hydrogen) atoms. The van der Waals surface area contributed by atoms with Gasteiger partial charge in [0, 0.05) is 45.3 Å². The molecule has 8 heteroatoms. The Hall–Kier alpha value is -2.74. The molecular formula is C18H22N6O2. The summed E-state index contributed by atoms with van der Waals surface area (Å²) in [6.07, 6.45) is 5.48. The van der Waals surface area contributed by atoms with E-state index in [4.69, 9.17) is 4.74 Å². The number of amides is 1. The Bertz CT molecular complexity index is 925.